The summed E-state index contributed by atoms with van der Waals surface area (Å²) in [5.41, 5.74) is 0.280. The number of nitro groups is 1. The van der Waals surface area contributed by atoms with Gasteiger partial charge in [-0.2, -0.15) is 0 Å². The van der Waals surface area contributed by atoms with Crippen molar-refractivity contribution in [3.8, 4) is 0 Å². The predicted octanol–water partition coefficient (Wildman–Crippen LogP) is 3.16. The number of ether oxygens (including phenoxy) is 1. The summed E-state index contributed by atoms with van der Waals surface area (Å²) >= 11 is 0. The lowest BCUT2D eigenvalue weighted by atomic mass is 9.60. The van der Waals surface area contributed by atoms with Crippen molar-refractivity contribution in [2.45, 2.75) is 51.2 Å². The van der Waals surface area contributed by atoms with Crippen LogP contribution in [0.2, 0.25) is 0 Å². The fourth-order valence-corrected chi connectivity index (χ4v) is 4.25. The first-order valence-electron chi connectivity index (χ1n) is 8.03. The molecule has 0 amide bonds. The first-order chi connectivity index (χ1) is 10.6. The summed E-state index contributed by atoms with van der Waals surface area (Å²) in [4.78, 5) is 16.8. The van der Waals surface area contributed by atoms with Crippen LogP contribution in [-0.2, 0) is 4.74 Å². The molecule has 2 aliphatic carbocycles. The zero-order valence-electron chi connectivity index (χ0n) is 13.2. The van der Waals surface area contributed by atoms with Gasteiger partial charge in [-0.1, -0.05) is 12.8 Å². The van der Waals surface area contributed by atoms with Gasteiger partial charge in [-0.15, -0.1) is 0 Å². The van der Waals surface area contributed by atoms with Gasteiger partial charge in [-0.3, -0.25) is 10.1 Å². The van der Waals surface area contributed by atoms with Crippen molar-refractivity contribution in [2.24, 2.45) is 5.41 Å². The molecular weight excluding hydrogens is 282 g/mol. The van der Waals surface area contributed by atoms with E-state index in [1.54, 1.807) is 6.07 Å². The molecule has 6 heteroatoms. The molecule has 0 N–H and O–H groups in total. The van der Waals surface area contributed by atoms with E-state index in [1.807, 2.05) is 7.05 Å². The lowest BCUT2D eigenvalue weighted by molar-refractivity contribution is -0.385. The summed E-state index contributed by atoms with van der Waals surface area (Å²) in [6.07, 6.45) is 7.66. The van der Waals surface area contributed by atoms with Crippen LogP contribution in [0.4, 0.5) is 11.5 Å². The zero-order valence-corrected chi connectivity index (χ0v) is 13.2. The van der Waals surface area contributed by atoms with E-state index in [0.29, 0.717) is 12.1 Å². The van der Waals surface area contributed by atoms with Gasteiger partial charge in [0.05, 0.1) is 11.0 Å². The minimum atomic E-state index is -0.413. The van der Waals surface area contributed by atoms with Gasteiger partial charge in [0.15, 0.2) is 0 Å². The van der Waals surface area contributed by atoms with E-state index in [2.05, 4.69) is 16.8 Å². The quantitative estimate of drug-likeness (QED) is 0.617. The third-order valence-corrected chi connectivity index (χ3v) is 5.42. The molecule has 1 spiro atoms. The molecule has 2 atom stereocenters. The van der Waals surface area contributed by atoms with Crippen LogP contribution >= 0.6 is 0 Å². The molecule has 22 heavy (non-hydrogen) atoms. The summed E-state index contributed by atoms with van der Waals surface area (Å²) in [5.74, 6) is 0.803. The van der Waals surface area contributed by atoms with Gasteiger partial charge in [-0.25, -0.2) is 4.98 Å². The minimum Gasteiger partial charge on any atom is -0.378 e. The van der Waals surface area contributed by atoms with Gasteiger partial charge >= 0.3 is 0 Å². The number of anilines is 1. The Morgan fingerprint density at radius 1 is 1.45 bits per heavy atom. The van der Waals surface area contributed by atoms with Crippen molar-refractivity contribution in [1.82, 2.24) is 4.98 Å². The topological polar surface area (TPSA) is 68.5 Å². The summed E-state index contributed by atoms with van der Waals surface area (Å²) in [6, 6.07) is 3.69. The second-order valence-corrected chi connectivity index (χ2v) is 6.38. The van der Waals surface area contributed by atoms with Crippen molar-refractivity contribution in [1.29, 1.82) is 0 Å². The fraction of sp³-hybridized carbons (Fsp3) is 0.688. The molecule has 2 aliphatic rings. The first-order valence-corrected chi connectivity index (χ1v) is 8.03. The Balaban J connectivity index is 1.77. The molecule has 0 aromatic carbocycles. The molecule has 0 aliphatic heterocycles. The monoisotopic (exact) mass is 305 g/mol. The first kappa shape index (κ1) is 15.2. The molecule has 1 aromatic rings. The second kappa shape index (κ2) is 5.83. The smallest absolute Gasteiger partial charge is 0.287 e. The lowest BCUT2D eigenvalue weighted by Crippen LogP contribution is -2.63. The molecule has 0 saturated heterocycles. The van der Waals surface area contributed by atoms with E-state index >= 15 is 0 Å². The van der Waals surface area contributed by atoms with Crippen LogP contribution < -0.4 is 4.90 Å². The van der Waals surface area contributed by atoms with Gasteiger partial charge in [-0.05, 0) is 32.3 Å². The molecule has 0 radical (unpaired) electrons. The third-order valence-electron chi connectivity index (χ3n) is 5.42. The van der Waals surface area contributed by atoms with E-state index in [1.165, 1.54) is 37.9 Å². The zero-order chi connectivity index (χ0) is 15.7. The molecule has 2 fully saturated rings. The predicted molar refractivity (Wildman–Crippen MR) is 84.0 cm³/mol. The number of hydrogen-bond acceptors (Lipinski definition) is 5. The Kier molecular flexibility index (Phi) is 4.04. The Hall–Kier alpha value is -1.69. The van der Waals surface area contributed by atoms with Crippen molar-refractivity contribution in [2.75, 3.05) is 18.6 Å². The molecular formula is C16H23N3O3. The molecule has 1 aromatic heterocycles. The highest BCUT2D eigenvalue weighted by molar-refractivity contribution is 5.45. The number of hydrogen-bond donors (Lipinski definition) is 0. The molecule has 3 rings (SSSR count). The van der Waals surface area contributed by atoms with Crippen molar-refractivity contribution in [3.63, 3.8) is 0 Å². The Labute approximate surface area is 130 Å². The molecule has 1 heterocycles. The number of aromatic nitrogens is 1. The van der Waals surface area contributed by atoms with Crippen LogP contribution in [0.5, 0.6) is 0 Å². The maximum Gasteiger partial charge on any atom is 0.287 e. The highest BCUT2D eigenvalue weighted by Gasteiger charge is 2.58. The average molecular weight is 305 g/mol. The van der Waals surface area contributed by atoms with E-state index in [4.69, 9.17) is 4.74 Å². The molecule has 2 unspecified atom stereocenters. The van der Waals surface area contributed by atoms with Crippen molar-refractivity contribution < 1.29 is 9.66 Å². The SMILES string of the molecule is CCOC1CC(N(C)c2ccc([N+](=O)[O-])cn2)C12CCCC2. The largest absolute Gasteiger partial charge is 0.378 e. The normalized spacial score (nSPS) is 25.9. The van der Waals surface area contributed by atoms with Crippen LogP contribution in [0, 0.1) is 15.5 Å². The van der Waals surface area contributed by atoms with Gasteiger partial charge in [0.25, 0.3) is 5.69 Å². The third kappa shape index (κ3) is 2.35. The van der Waals surface area contributed by atoms with Crippen LogP contribution in [0.3, 0.4) is 0 Å². The van der Waals surface area contributed by atoms with Gasteiger partial charge in [0, 0.05) is 31.2 Å². The van der Waals surface area contributed by atoms with Crippen LogP contribution in [0.25, 0.3) is 0 Å². The molecule has 0 bridgehead atoms. The average Bonchev–Trinajstić information content (AvgIpc) is 3.03. The van der Waals surface area contributed by atoms with Crippen molar-refractivity contribution >= 4 is 11.5 Å². The summed E-state index contributed by atoms with van der Waals surface area (Å²) in [6.45, 7) is 2.82. The van der Waals surface area contributed by atoms with Gasteiger partial charge < -0.3 is 9.64 Å². The maximum absolute atomic E-state index is 10.7. The van der Waals surface area contributed by atoms with Crippen LogP contribution in [0.15, 0.2) is 18.3 Å². The lowest BCUT2D eigenvalue weighted by Gasteiger charge is -2.57. The summed E-state index contributed by atoms with van der Waals surface area (Å²) in [5, 5.41) is 10.7. The highest BCUT2D eigenvalue weighted by atomic mass is 16.6. The van der Waals surface area contributed by atoms with E-state index < -0.39 is 4.92 Å². The molecule has 120 valence electrons. The van der Waals surface area contributed by atoms with Crippen molar-refractivity contribution in [3.05, 3.63) is 28.4 Å². The van der Waals surface area contributed by atoms with Crippen LogP contribution in [0.1, 0.15) is 39.0 Å². The Bertz CT molecular complexity index is 540. The summed E-state index contributed by atoms with van der Waals surface area (Å²) in [7, 11) is 2.04. The van der Waals surface area contributed by atoms with E-state index in [-0.39, 0.29) is 11.1 Å². The second-order valence-electron chi connectivity index (χ2n) is 6.38. The molecule has 6 nitrogen and oxygen atoms in total. The van der Waals surface area contributed by atoms with E-state index in [0.717, 1.165) is 18.8 Å². The Morgan fingerprint density at radius 2 is 2.18 bits per heavy atom. The molecule has 2 saturated carbocycles. The maximum atomic E-state index is 10.7. The van der Waals surface area contributed by atoms with Gasteiger partial charge in [0.2, 0.25) is 0 Å². The Morgan fingerprint density at radius 3 is 2.73 bits per heavy atom. The number of rotatable bonds is 5. The fourth-order valence-electron chi connectivity index (χ4n) is 4.25. The summed E-state index contributed by atoms with van der Waals surface area (Å²) < 4.78 is 5.95. The highest BCUT2D eigenvalue weighted by Crippen LogP contribution is 2.56. The van der Waals surface area contributed by atoms with Gasteiger partial charge in [0.1, 0.15) is 12.0 Å². The number of pyridine rings is 1. The van der Waals surface area contributed by atoms with E-state index in [9.17, 15) is 10.1 Å². The minimum absolute atomic E-state index is 0.0357. The van der Waals surface area contributed by atoms with Crippen LogP contribution in [-0.4, -0.2) is 35.7 Å². The standard InChI is InChI=1S/C16H23N3O3/c1-3-22-14-10-13(16(14)8-4-5-9-16)18(2)15-7-6-12(11-17-15)19(20)21/h6-7,11,13-14H,3-5,8-10H2,1-2H3. The number of nitrogens with zero attached hydrogens (tertiary/aromatic N) is 3.